The Kier molecular flexibility index (Phi) is 23.9. The molecule has 2 aliphatic carbocycles. The molecule has 4 N–H and O–H groups in total. The van der Waals surface area contributed by atoms with Crippen LogP contribution < -0.4 is 15.8 Å². The number of aromatic nitrogens is 8. The normalized spacial score (nSPS) is 15.8. The van der Waals surface area contributed by atoms with E-state index in [9.17, 15) is 52.5 Å². The van der Waals surface area contributed by atoms with Gasteiger partial charge in [0.15, 0.2) is 5.82 Å². The number of nitrogens with zero attached hydrogens (tertiary/aromatic N) is 11. The maximum absolute atomic E-state index is 14.2. The van der Waals surface area contributed by atoms with Crippen LogP contribution in [0, 0.1) is 23.3 Å². The zero-order valence-electron chi connectivity index (χ0n) is 44.6. The van der Waals surface area contributed by atoms with Gasteiger partial charge in [-0.15, -0.1) is 4.39 Å². The fourth-order valence-electron chi connectivity index (χ4n) is 8.54. The minimum atomic E-state index is -8.55. The van der Waals surface area contributed by atoms with Crippen LogP contribution in [0.2, 0.25) is 10.0 Å². The van der Waals surface area contributed by atoms with Gasteiger partial charge in [0.1, 0.15) is 34.5 Å². The summed E-state index contributed by atoms with van der Waals surface area (Å²) in [5.74, 6) is -2.90. The number of carboxylic acid groups (broad SMARTS) is 1. The fourth-order valence-corrected chi connectivity index (χ4v) is 8.83. The van der Waals surface area contributed by atoms with Crippen LogP contribution in [0.15, 0.2) is 86.0 Å². The first-order valence-electron chi connectivity index (χ1n) is 25.2. The zero-order chi connectivity index (χ0) is 59.2. The van der Waals surface area contributed by atoms with Gasteiger partial charge in [0.05, 0.1) is 89.2 Å². The molecular weight excluding hydrogens is 1150 g/mol. The van der Waals surface area contributed by atoms with Gasteiger partial charge in [-0.25, -0.2) is 36.4 Å². The van der Waals surface area contributed by atoms with Crippen molar-refractivity contribution in [1.29, 1.82) is 0 Å². The molecule has 444 valence electrons. The predicted molar refractivity (Wildman–Crippen MR) is 285 cm³/mol. The van der Waals surface area contributed by atoms with E-state index >= 15 is 0 Å². The molecule has 4 fully saturated rings. The summed E-state index contributed by atoms with van der Waals surface area (Å²) in [5.41, 5.74) is 4.33. The molecule has 30 heteroatoms. The summed E-state index contributed by atoms with van der Waals surface area (Å²) in [6.07, 6.45) is 17.5. The summed E-state index contributed by atoms with van der Waals surface area (Å²) < 4.78 is 121. The number of amidine groups is 1. The van der Waals surface area contributed by atoms with Gasteiger partial charge < -0.3 is 20.9 Å². The Labute approximate surface area is 470 Å². The van der Waals surface area contributed by atoms with E-state index in [1.807, 2.05) is 9.48 Å². The fraction of sp³-hybridized carbons (Fsp3) is 0.431. The Morgan fingerprint density at radius 3 is 1.54 bits per heavy atom. The van der Waals surface area contributed by atoms with E-state index < -0.39 is 54.1 Å². The van der Waals surface area contributed by atoms with Gasteiger partial charge in [-0.2, -0.15) is 10.2 Å². The molecule has 0 atom stereocenters. The van der Waals surface area contributed by atoms with E-state index in [1.165, 1.54) is 46.3 Å². The number of rotatable bonds is 10. The number of nitrogen functional groups attached to an aromatic ring is 1. The molecule has 6 aromatic heterocycles. The number of carboxylic acids is 1. The maximum Gasteiger partial charge on any atom is 0.315 e. The molecule has 0 bridgehead atoms. The van der Waals surface area contributed by atoms with Crippen molar-refractivity contribution >= 4 is 61.0 Å². The number of amides is 1. The Balaban J connectivity index is 0.000000222. The Hall–Kier alpha value is -6.57. The van der Waals surface area contributed by atoms with Crippen LogP contribution in [0.25, 0.3) is 11.4 Å². The first-order valence-corrected chi connectivity index (χ1v) is 27.6. The molecular formula is C51H61Cl2F11N13O3P. The van der Waals surface area contributed by atoms with Gasteiger partial charge in [0.2, 0.25) is 5.91 Å². The van der Waals surface area contributed by atoms with E-state index in [2.05, 4.69) is 75.0 Å². The van der Waals surface area contributed by atoms with Crippen molar-refractivity contribution in [2.45, 2.75) is 109 Å². The minimum Gasteiger partial charge on any atom is -1.00 e. The average Bonchev–Trinajstić information content (AvgIpc) is 4.04. The second-order valence-electron chi connectivity index (χ2n) is 19.3. The molecule has 6 aromatic rings. The molecule has 2 aliphatic heterocycles. The van der Waals surface area contributed by atoms with Crippen LogP contribution in [-0.2, 0) is 20.4 Å². The summed E-state index contributed by atoms with van der Waals surface area (Å²) >= 11 is 11.2. The Morgan fingerprint density at radius 1 is 0.728 bits per heavy atom. The first-order chi connectivity index (χ1) is 37.5. The molecule has 16 nitrogen and oxygen atoms in total. The number of hydrogen-bond donors (Lipinski definition) is 3. The predicted octanol–water partition coefficient (Wildman–Crippen LogP) is 9.55. The Morgan fingerprint density at radius 2 is 1.17 bits per heavy atom. The summed E-state index contributed by atoms with van der Waals surface area (Å²) in [6, 6.07) is 9.40. The van der Waals surface area contributed by atoms with Gasteiger partial charge in [0, 0.05) is 61.1 Å². The van der Waals surface area contributed by atoms with Crippen LogP contribution in [0.3, 0.4) is 0 Å². The number of likely N-dealkylation sites (tertiary alicyclic amines) is 1. The monoisotopic (exact) mass is 1210 g/mol. The largest absolute Gasteiger partial charge is 1.00 e. The summed E-state index contributed by atoms with van der Waals surface area (Å²) in [7, 11) is -8.55. The number of nitrogens with two attached hydrogens (primary N) is 1. The van der Waals surface area contributed by atoms with Crippen molar-refractivity contribution in [3.8, 4) is 11.4 Å². The van der Waals surface area contributed by atoms with Crippen LogP contribution in [-0.4, -0.2) is 122 Å². The van der Waals surface area contributed by atoms with Crippen LogP contribution in [0.1, 0.15) is 97.4 Å². The Bertz CT molecular complexity index is 3050. The van der Waals surface area contributed by atoms with E-state index in [-0.39, 0.29) is 38.0 Å². The second kappa shape index (κ2) is 28.9. The van der Waals surface area contributed by atoms with Crippen LogP contribution in [0.4, 0.5) is 54.6 Å². The van der Waals surface area contributed by atoms with Crippen molar-refractivity contribution in [2.24, 2.45) is 0 Å². The number of carbonyl (C=O) groups excluding carboxylic acids is 1. The summed E-state index contributed by atoms with van der Waals surface area (Å²) in [6.45, 7) is 16.0. The number of anilines is 2. The molecule has 4 aliphatic rings. The van der Waals surface area contributed by atoms with E-state index in [4.69, 9.17) is 34.0 Å². The smallest absolute Gasteiger partial charge is 0.315 e. The molecule has 0 unspecified atom stereocenters. The van der Waals surface area contributed by atoms with Crippen LogP contribution >= 0.6 is 31.4 Å². The molecule has 0 radical (unpaired) electrons. The number of nitrogens with one attached hydrogen (secondary N) is 1. The molecule has 1 amide bonds. The minimum absolute atomic E-state index is 0. The average molecular weight is 1210 g/mol. The quantitative estimate of drug-likeness (QED) is 0.0388. The maximum atomic E-state index is 14.2. The molecule has 2 saturated carbocycles. The molecule has 2 saturated heterocycles. The number of aliphatic carboxylic acids is 1. The number of pyridine rings is 4. The third-order valence-electron chi connectivity index (χ3n) is 12.6. The summed E-state index contributed by atoms with van der Waals surface area (Å²) in [5, 5.41) is 20.0. The number of halogens is 13. The molecule has 0 aromatic carbocycles. The van der Waals surface area contributed by atoms with Crippen molar-refractivity contribution in [3.63, 3.8) is 0 Å². The third kappa shape index (κ3) is 20.4. The van der Waals surface area contributed by atoms with Gasteiger partial charge in [-0.3, -0.25) is 34.4 Å². The van der Waals surface area contributed by atoms with E-state index in [0.29, 0.717) is 55.0 Å². The second-order valence-corrected chi connectivity index (χ2v) is 21.4. The number of carbonyl (C=O) groups is 2. The van der Waals surface area contributed by atoms with E-state index in [0.717, 1.165) is 82.9 Å². The van der Waals surface area contributed by atoms with Gasteiger partial charge in [-0.1, -0.05) is 30.1 Å². The van der Waals surface area contributed by atoms with Crippen molar-refractivity contribution in [1.82, 2.24) is 49.3 Å². The SMILES string of the molecule is CCN(C(C)C)C(C)C.FC(N1CCCC1)=[N+]1CCCC1.FP(F)(F)(F)F.Nc1ccn(-c2cncc(F)c2)n1.O=C(Nc1ccn(-c2cncc(F)c2)n1)C1(c2ncc(Cl)cc2F)CC1.O=C(O)C1(c2ncc(Cl)cc2F)CC1.[F-]. The molecule has 81 heavy (non-hydrogen) atoms. The molecule has 10 rings (SSSR count). The molecule has 8 heterocycles. The standard InChI is InChI=1S/C17H12ClF2N5O.C9H7ClFNO2.C9H16FN2.C8H7FN4.C8H19N.F5P.FH/c18-10-5-13(20)15(22-7-10)17(2-3-17)16(26)23-14-1-4-25(24-14)12-6-11(19)8-21-9-12;10-5-3-6(11)7(12-4-5)9(1-2-9)8(13)14;10-9(11-5-1-2-6-11)12-7-3-4-8-12;9-6-3-7(5-11-4-6)13-2-1-8(10)12-13;1-6-9(7(2)3)8(4)5;1-6(2,3,4)5;/h1,4-9H,2-3H2,(H,23,24,26);3-4H,1-2H2,(H,13,14);1-8H2;1-5H,(H2,10,12);7-8H,6H2,1-5H3;;1H/q;;+1;;;;/p-1. The van der Waals surface area contributed by atoms with Crippen molar-refractivity contribution in [3.05, 3.63) is 131 Å². The van der Waals surface area contributed by atoms with Gasteiger partial charge >= 0.3 is 41.2 Å². The van der Waals surface area contributed by atoms with Crippen molar-refractivity contribution < 1.29 is 66.9 Å². The van der Waals surface area contributed by atoms with Crippen LogP contribution in [0.5, 0.6) is 0 Å². The van der Waals surface area contributed by atoms with Gasteiger partial charge in [0.25, 0.3) is 0 Å². The zero-order valence-corrected chi connectivity index (χ0v) is 47.0. The topological polar surface area (TPSA) is 189 Å². The van der Waals surface area contributed by atoms with E-state index in [1.54, 1.807) is 24.5 Å². The third-order valence-corrected chi connectivity index (χ3v) is 13.1. The number of hydrogen-bond acceptors (Lipinski definition) is 10. The molecule has 0 spiro atoms. The first kappa shape index (κ1) is 66.9. The summed E-state index contributed by atoms with van der Waals surface area (Å²) in [4.78, 5) is 43.1. The van der Waals surface area contributed by atoms with Crippen molar-refractivity contribution in [2.75, 3.05) is 43.8 Å². The van der Waals surface area contributed by atoms with Gasteiger partial charge in [-0.05, 0) is 97.7 Å².